The molecule has 1 atom stereocenters. The maximum absolute atomic E-state index is 12.8. The van der Waals surface area contributed by atoms with Crippen molar-refractivity contribution in [1.29, 1.82) is 5.26 Å². The number of allylic oxidation sites excluding steroid dienone is 3. The largest absolute Gasteiger partial charge is 0.444 e. The highest BCUT2D eigenvalue weighted by atomic mass is 16.6. The molecule has 9 nitrogen and oxygen atoms in total. The first-order chi connectivity index (χ1) is 15.4. The summed E-state index contributed by atoms with van der Waals surface area (Å²) in [5.74, 6) is -1.37. The molecule has 0 spiro atoms. The van der Waals surface area contributed by atoms with Crippen LogP contribution in [0.1, 0.15) is 41.1 Å². The molecule has 0 unspecified atom stereocenters. The topological polar surface area (TPSA) is 146 Å². The Bertz CT molecular complexity index is 1250. The molecule has 32 heavy (non-hydrogen) atoms. The number of para-hydroxylation sites is 1. The zero-order valence-electron chi connectivity index (χ0n) is 16.7. The van der Waals surface area contributed by atoms with Gasteiger partial charge in [0.1, 0.15) is 23.2 Å². The molecule has 0 fully saturated rings. The maximum Gasteiger partial charge on any atom is 0.343 e. The summed E-state index contributed by atoms with van der Waals surface area (Å²) in [6.07, 6.45) is 1.43. The van der Waals surface area contributed by atoms with Crippen molar-refractivity contribution < 1.29 is 24.0 Å². The minimum atomic E-state index is -0.842. The van der Waals surface area contributed by atoms with E-state index < -0.39 is 16.8 Å². The Morgan fingerprint density at radius 2 is 2.00 bits per heavy atom. The van der Waals surface area contributed by atoms with Gasteiger partial charge in [-0.3, -0.25) is 14.9 Å². The average Bonchev–Trinajstić information content (AvgIpc) is 2.79. The molecule has 1 aliphatic heterocycles. The predicted molar refractivity (Wildman–Crippen MR) is 111 cm³/mol. The first kappa shape index (κ1) is 20.8. The van der Waals surface area contributed by atoms with E-state index in [4.69, 9.17) is 15.2 Å². The van der Waals surface area contributed by atoms with Gasteiger partial charge in [-0.1, -0.05) is 24.3 Å². The third-order valence-corrected chi connectivity index (χ3v) is 5.33. The Morgan fingerprint density at radius 3 is 2.75 bits per heavy atom. The van der Waals surface area contributed by atoms with E-state index in [9.17, 15) is 25.0 Å². The molecule has 2 aliphatic rings. The molecule has 2 aromatic carbocycles. The van der Waals surface area contributed by atoms with Crippen molar-refractivity contribution in [2.45, 2.75) is 25.2 Å². The van der Waals surface area contributed by atoms with Gasteiger partial charge in [0.25, 0.3) is 5.69 Å². The van der Waals surface area contributed by atoms with E-state index in [0.717, 1.165) is 6.07 Å². The first-order valence-corrected chi connectivity index (χ1v) is 9.80. The highest BCUT2D eigenvalue weighted by Gasteiger charge is 2.39. The van der Waals surface area contributed by atoms with Crippen molar-refractivity contribution in [3.63, 3.8) is 0 Å². The third kappa shape index (κ3) is 3.70. The van der Waals surface area contributed by atoms with Crippen molar-refractivity contribution in [2.24, 2.45) is 5.73 Å². The smallest absolute Gasteiger partial charge is 0.343 e. The third-order valence-electron chi connectivity index (χ3n) is 5.33. The molecule has 1 heterocycles. The number of hydrogen-bond donors (Lipinski definition) is 1. The average molecular weight is 431 g/mol. The number of non-ortho nitro benzene ring substituents is 1. The zero-order chi connectivity index (χ0) is 22.8. The number of Topliss-reactive ketones (excluding diaryl/α,β-unsaturated/α-hetero) is 1. The number of carbonyl (C=O) groups is 2. The van der Waals surface area contributed by atoms with Gasteiger partial charge >= 0.3 is 5.97 Å². The van der Waals surface area contributed by atoms with Crippen molar-refractivity contribution in [1.82, 2.24) is 0 Å². The zero-order valence-corrected chi connectivity index (χ0v) is 16.7. The van der Waals surface area contributed by atoms with E-state index in [1.54, 1.807) is 18.2 Å². The number of nitro groups is 1. The first-order valence-electron chi connectivity index (χ1n) is 9.80. The molecule has 0 radical (unpaired) electrons. The highest BCUT2D eigenvalue weighted by Crippen LogP contribution is 2.45. The van der Waals surface area contributed by atoms with Gasteiger partial charge in [0.2, 0.25) is 5.88 Å². The van der Waals surface area contributed by atoms with Crippen LogP contribution in [0.15, 0.2) is 71.3 Å². The second-order valence-electron chi connectivity index (χ2n) is 7.27. The summed E-state index contributed by atoms with van der Waals surface area (Å²) in [6.45, 7) is 0. The van der Waals surface area contributed by atoms with Gasteiger partial charge in [-0.15, -0.1) is 0 Å². The fourth-order valence-corrected chi connectivity index (χ4v) is 3.88. The number of benzene rings is 2. The molecule has 2 N–H and O–H groups in total. The Morgan fingerprint density at radius 1 is 1.22 bits per heavy atom. The van der Waals surface area contributed by atoms with Crippen LogP contribution >= 0.6 is 0 Å². The van der Waals surface area contributed by atoms with Gasteiger partial charge in [0.05, 0.1) is 16.4 Å². The van der Waals surface area contributed by atoms with Gasteiger partial charge in [-0.2, -0.15) is 5.26 Å². The van der Waals surface area contributed by atoms with Gasteiger partial charge < -0.3 is 15.2 Å². The Balaban J connectivity index is 1.76. The van der Waals surface area contributed by atoms with Crippen LogP contribution in [0.3, 0.4) is 0 Å². The lowest BCUT2D eigenvalue weighted by Gasteiger charge is -2.31. The van der Waals surface area contributed by atoms with Crippen molar-refractivity contribution in [3.8, 4) is 11.8 Å². The lowest BCUT2D eigenvalue weighted by molar-refractivity contribution is -0.384. The monoisotopic (exact) mass is 431 g/mol. The molecule has 1 aliphatic carbocycles. The van der Waals surface area contributed by atoms with Crippen LogP contribution in [-0.2, 0) is 9.53 Å². The molecule has 9 heteroatoms. The maximum atomic E-state index is 12.8. The van der Waals surface area contributed by atoms with Crippen LogP contribution < -0.4 is 10.5 Å². The number of ether oxygens (including phenoxy) is 2. The number of nitriles is 1. The standard InChI is InChI=1S/C23H17N3O6/c24-12-16-20(21-17(27)8-4-10-19(21)31-22(16)25)15-7-1-2-9-18(15)32-23(28)13-5-3-6-14(11-13)26(29)30/h1-3,5-7,9,11,20H,4,8,10,25H2/t20-/m1/s1. The van der Waals surface area contributed by atoms with E-state index >= 15 is 0 Å². The van der Waals surface area contributed by atoms with Crippen LogP contribution in [0.2, 0.25) is 0 Å². The predicted octanol–water partition coefficient (Wildman–Crippen LogP) is 3.63. The quantitative estimate of drug-likeness (QED) is 0.334. The molecular weight excluding hydrogens is 414 g/mol. The van der Waals surface area contributed by atoms with Crippen LogP contribution in [0.5, 0.6) is 5.75 Å². The van der Waals surface area contributed by atoms with Gasteiger partial charge in [-0.05, 0) is 18.6 Å². The van der Waals surface area contributed by atoms with Crippen molar-refractivity contribution >= 4 is 17.4 Å². The SMILES string of the molecule is N#CC1=C(N)OC2=C(C(=O)CCC2)[C@@H]1c1ccccc1OC(=O)c1cccc([N+](=O)[O-])c1. The lowest BCUT2D eigenvalue weighted by atomic mass is 9.77. The second-order valence-corrected chi connectivity index (χ2v) is 7.27. The van der Waals surface area contributed by atoms with E-state index in [0.29, 0.717) is 36.2 Å². The summed E-state index contributed by atoms with van der Waals surface area (Å²) in [6, 6.07) is 13.7. The fraction of sp³-hybridized carbons (Fsp3) is 0.174. The minimum absolute atomic E-state index is 0.00908. The van der Waals surface area contributed by atoms with Gasteiger partial charge in [0, 0.05) is 36.1 Å². The summed E-state index contributed by atoms with van der Waals surface area (Å²) < 4.78 is 11.1. The number of carbonyl (C=O) groups excluding carboxylic acids is 2. The lowest BCUT2D eigenvalue weighted by Crippen LogP contribution is -2.27. The molecular formula is C23H17N3O6. The van der Waals surface area contributed by atoms with Gasteiger partial charge in [-0.25, -0.2) is 4.79 Å². The molecule has 0 saturated carbocycles. The van der Waals surface area contributed by atoms with Crippen LogP contribution in [0.25, 0.3) is 0 Å². The van der Waals surface area contributed by atoms with Crippen molar-refractivity contribution in [2.75, 3.05) is 0 Å². The molecule has 2 aromatic rings. The Hall–Kier alpha value is -4.45. The van der Waals surface area contributed by atoms with E-state index in [1.807, 2.05) is 6.07 Å². The van der Waals surface area contributed by atoms with E-state index in [-0.39, 0.29) is 34.2 Å². The fourth-order valence-electron chi connectivity index (χ4n) is 3.88. The number of esters is 1. The number of ketones is 1. The van der Waals surface area contributed by atoms with Gasteiger partial charge in [0.15, 0.2) is 5.78 Å². The highest BCUT2D eigenvalue weighted by molar-refractivity contribution is 5.99. The van der Waals surface area contributed by atoms with Crippen molar-refractivity contribution in [3.05, 3.63) is 92.6 Å². The Kier molecular flexibility index (Phi) is 5.43. The van der Waals surface area contributed by atoms with E-state index in [1.165, 1.54) is 24.3 Å². The Labute approximate surface area is 182 Å². The van der Waals surface area contributed by atoms with Crippen LogP contribution in [0.4, 0.5) is 5.69 Å². The van der Waals surface area contributed by atoms with E-state index in [2.05, 4.69) is 0 Å². The summed E-state index contributed by atoms with van der Waals surface area (Å²) in [5, 5.41) is 20.7. The molecule has 4 rings (SSSR count). The number of hydrogen-bond acceptors (Lipinski definition) is 8. The molecule has 0 amide bonds. The molecule has 0 aromatic heterocycles. The number of nitro benzene ring substituents is 1. The number of nitrogens with two attached hydrogens (primary N) is 1. The summed E-state index contributed by atoms with van der Waals surface area (Å²) in [4.78, 5) is 35.9. The normalized spacial score (nSPS) is 17.8. The van der Waals surface area contributed by atoms with Crippen LogP contribution in [0, 0.1) is 21.4 Å². The minimum Gasteiger partial charge on any atom is -0.444 e. The summed E-state index contributed by atoms with van der Waals surface area (Å²) in [7, 11) is 0. The van der Waals surface area contributed by atoms with Crippen LogP contribution in [-0.4, -0.2) is 16.7 Å². The summed E-state index contributed by atoms with van der Waals surface area (Å²) >= 11 is 0. The number of rotatable bonds is 4. The molecule has 160 valence electrons. The summed E-state index contributed by atoms with van der Waals surface area (Å²) in [5.41, 5.74) is 6.51. The second kappa shape index (κ2) is 8.35. The molecule has 0 bridgehead atoms. The number of nitrogens with zero attached hydrogens (tertiary/aromatic N) is 2. The molecule has 0 saturated heterocycles.